The van der Waals surface area contributed by atoms with Gasteiger partial charge in [0.1, 0.15) is 0 Å². The van der Waals surface area contributed by atoms with E-state index in [0.29, 0.717) is 11.7 Å². The molecule has 1 fully saturated rings. The summed E-state index contributed by atoms with van der Waals surface area (Å²) < 4.78 is 12.0. The molecule has 1 aliphatic carbocycles. The highest BCUT2D eigenvalue weighted by Crippen LogP contribution is 2.37. The van der Waals surface area contributed by atoms with E-state index >= 15 is 0 Å². The Kier molecular flexibility index (Phi) is 4.89. The van der Waals surface area contributed by atoms with E-state index in [1.165, 1.54) is 25.7 Å². The average Bonchev–Trinajstić information content (AvgIpc) is 2.89. The molecule has 0 bridgehead atoms. The number of aliphatic hydroxyl groups is 1. The zero-order valence-corrected chi connectivity index (χ0v) is 12.2. The smallest absolute Gasteiger partial charge is 0.175 e. The number of hydrogen-bond acceptors (Lipinski definition) is 3. The maximum absolute atomic E-state index is 9.16. The largest absolute Gasteiger partial charge is 0.493 e. The average molecular weight is 315 g/mol. The fourth-order valence-electron chi connectivity index (χ4n) is 2.38. The molecule has 0 atom stereocenters. The molecule has 1 aromatic carbocycles. The van der Waals surface area contributed by atoms with Crippen molar-refractivity contribution >= 4 is 15.9 Å². The Hall–Kier alpha value is -0.740. The van der Waals surface area contributed by atoms with Crippen molar-refractivity contribution in [2.45, 2.75) is 32.3 Å². The Morgan fingerprint density at radius 2 is 2.06 bits per heavy atom. The molecule has 0 aromatic heterocycles. The van der Waals surface area contributed by atoms with Crippen LogP contribution < -0.4 is 9.47 Å². The summed E-state index contributed by atoms with van der Waals surface area (Å²) in [7, 11) is 1.62. The molecule has 0 saturated heterocycles. The Bertz CT molecular complexity index is 400. The van der Waals surface area contributed by atoms with Crippen LogP contribution in [0.3, 0.4) is 0 Å². The summed E-state index contributed by atoms with van der Waals surface area (Å²) in [4.78, 5) is 0. The lowest BCUT2D eigenvalue weighted by Crippen LogP contribution is -2.09. The maximum atomic E-state index is 9.16. The summed E-state index contributed by atoms with van der Waals surface area (Å²) in [6.45, 7) is 0.741. The highest BCUT2D eigenvalue weighted by molar-refractivity contribution is 9.10. The minimum atomic E-state index is -0.00212. The van der Waals surface area contributed by atoms with Gasteiger partial charge in [0.05, 0.1) is 24.8 Å². The molecular formula is C14H19BrO3. The van der Waals surface area contributed by atoms with Crippen molar-refractivity contribution in [1.29, 1.82) is 0 Å². The minimum absolute atomic E-state index is 0.00212. The number of halogens is 1. The molecule has 0 heterocycles. The first-order valence-electron chi connectivity index (χ1n) is 6.34. The van der Waals surface area contributed by atoms with Crippen LogP contribution in [0.1, 0.15) is 31.2 Å². The quantitative estimate of drug-likeness (QED) is 0.903. The summed E-state index contributed by atoms with van der Waals surface area (Å²) in [5.41, 5.74) is 0.812. The monoisotopic (exact) mass is 314 g/mol. The fraction of sp³-hybridized carbons (Fsp3) is 0.571. The second kappa shape index (κ2) is 6.43. The van der Waals surface area contributed by atoms with Crippen LogP contribution in [0.5, 0.6) is 11.5 Å². The zero-order chi connectivity index (χ0) is 13.0. The Morgan fingerprint density at radius 1 is 1.33 bits per heavy atom. The van der Waals surface area contributed by atoms with E-state index in [1.54, 1.807) is 7.11 Å². The standard InChI is InChI=1S/C14H19BrO3/c1-17-13-7-11(8-16)6-12(15)14(13)18-9-10-4-2-3-5-10/h6-7,10,16H,2-5,8-9H2,1H3. The van der Waals surface area contributed by atoms with Crippen LogP contribution in [0.15, 0.2) is 16.6 Å². The summed E-state index contributed by atoms with van der Waals surface area (Å²) in [6, 6.07) is 3.68. The second-order valence-corrected chi connectivity index (χ2v) is 5.58. The molecule has 2 rings (SSSR count). The van der Waals surface area contributed by atoms with Gasteiger partial charge in [0.2, 0.25) is 0 Å². The van der Waals surface area contributed by atoms with Gasteiger partial charge in [0, 0.05) is 0 Å². The number of ether oxygens (including phenoxy) is 2. The van der Waals surface area contributed by atoms with Crippen molar-refractivity contribution in [3.05, 3.63) is 22.2 Å². The summed E-state index contributed by atoms with van der Waals surface area (Å²) in [5, 5.41) is 9.16. The highest BCUT2D eigenvalue weighted by atomic mass is 79.9. The van der Waals surface area contributed by atoms with Crippen LogP contribution >= 0.6 is 15.9 Å². The predicted octanol–water partition coefficient (Wildman–Crippen LogP) is 3.52. The molecule has 4 heteroatoms. The van der Waals surface area contributed by atoms with E-state index in [0.717, 1.165) is 22.4 Å². The van der Waals surface area contributed by atoms with Crippen molar-refractivity contribution in [2.24, 2.45) is 5.92 Å². The van der Waals surface area contributed by atoms with Crippen molar-refractivity contribution < 1.29 is 14.6 Å². The lowest BCUT2D eigenvalue weighted by molar-refractivity contribution is 0.238. The molecule has 1 aliphatic rings. The van der Waals surface area contributed by atoms with Crippen LogP contribution in [0, 0.1) is 5.92 Å². The topological polar surface area (TPSA) is 38.7 Å². The minimum Gasteiger partial charge on any atom is -0.493 e. The van der Waals surface area contributed by atoms with Gasteiger partial charge in [-0.1, -0.05) is 12.8 Å². The van der Waals surface area contributed by atoms with Crippen LogP contribution in [-0.4, -0.2) is 18.8 Å². The Balaban J connectivity index is 2.10. The first-order valence-corrected chi connectivity index (χ1v) is 7.14. The first kappa shape index (κ1) is 13.7. The molecular weight excluding hydrogens is 296 g/mol. The first-order chi connectivity index (χ1) is 8.74. The number of benzene rings is 1. The van der Waals surface area contributed by atoms with Crippen molar-refractivity contribution in [1.82, 2.24) is 0 Å². The predicted molar refractivity (Wildman–Crippen MR) is 74.1 cm³/mol. The van der Waals surface area contributed by atoms with Crippen molar-refractivity contribution in [3.8, 4) is 11.5 Å². The van der Waals surface area contributed by atoms with E-state index < -0.39 is 0 Å². The van der Waals surface area contributed by atoms with Crippen LogP contribution in [0.25, 0.3) is 0 Å². The molecule has 3 nitrogen and oxygen atoms in total. The number of hydrogen-bond donors (Lipinski definition) is 1. The van der Waals surface area contributed by atoms with Gasteiger partial charge < -0.3 is 14.6 Å². The van der Waals surface area contributed by atoms with Gasteiger partial charge in [-0.2, -0.15) is 0 Å². The van der Waals surface area contributed by atoms with Gasteiger partial charge in [-0.25, -0.2) is 0 Å². The number of aliphatic hydroxyl groups excluding tert-OH is 1. The Morgan fingerprint density at radius 3 is 2.67 bits per heavy atom. The normalized spacial score (nSPS) is 15.9. The molecule has 100 valence electrons. The molecule has 18 heavy (non-hydrogen) atoms. The van der Waals surface area contributed by atoms with E-state index in [9.17, 15) is 0 Å². The molecule has 0 amide bonds. The zero-order valence-electron chi connectivity index (χ0n) is 10.6. The lowest BCUT2D eigenvalue weighted by Gasteiger charge is -2.16. The van der Waals surface area contributed by atoms with Gasteiger partial charge in [0.15, 0.2) is 11.5 Å². The molecule has 0 radical (unpaired) electrons. The van der Waals surface area contributed by atoms with Crippen molar-refractivity contribution in [2.75, 3.05) is 13.7 Å². The number of rotatable bonds is 5. The van der Waals surface area contributed by atoms with Gasteiger partial charge in [0.25, 0.3) is 0 Å². The van der Waals surface area contributed by atoms with Gasteiger partial charge in [-0.05, 0) is 52.4 Å². The lowest BCUT2D eigenvalue weighted by atomic mass is 10.1. The maximum Gasteiger partial charge on any atom is 0.175 e. The molecule has 1 aromatic rings. The van der Waals surface area contributed by atoms with Gasteiger partial charge in [-0.15, -0.1) is 0 Å². The fourth-order valence-corrected chi connectivity index (χ4v) is 2.99. The third kappa shape index (κ3) is 3.18. The van der Waals surface area contributed by atoms with E-state index in [-0.39, 0.29) is 6.61 Å². The molecule has 0 spiro atoms. The van der Waals surface area contributed by atoms with E-state index in [2.05, 4.69) is 15.9 Å². The summed E-state index contributed by atoms with van der Waals surface area (Å²) >= 11 is 3.47. The number of methoxy groups -OCH3 is 1. The molecule has 0 unspecified atom stereocenters. The second-order valence-electron chi connectivity index (χ2n) is 4.73. The summed E-state index contributed by atoms with van der Waals surface area (Å²) in [6.07, 6.45) is 5.15. The highest BCUT2D eigenvalue weighted by Gasteiger charge is 2.18. The van der Waals surface area contributed by atoms with E-state index in [4.69, 9.17) is 14.6 Å². The van der Waals surface area contributed by atoms with E-state index in [1.807, 2.05) is 12.1 Å². The van der Waals surface area contributed by atoms with Gasteiger partial charge >= 0.3 is 0 Å². The third-order valence-electron chi connectivity index (χ3n) is 3.41. The van der Waals surface area contributed by atoms with Crippen LogP contribution in [0.2, 0.25) is 0 Å². The summed E-state index contributed by atoms with van der Waals surface area (Å²) in [5.74, 6) is 2.08. The Labute approximate surface area is 116 Å². The van der Waals surface area contributed by atoms with Crippen LogP contribution in [0.4, 0.5) is 0 Å². The third-order valence-corrected chi connectivity index (χ3v) is 4.00. The van der Waals surface area contributed by atoms with Crippen LogP contribution in [-0.2, 0) is 6.61 Å². The van der Waals surface area contributed by atoms with Crippen molar-refractivity contribution in [3.63, 3.8) is 0 Å². The SMILES string of the molecule is COc1cc(CO)cc(Br)c1OCC1CCCC1. The molecule has 0 aliphatic heterocycles. The molecule has 1 N–H and O–H groups in total. The molecule has 1 saturated carbocycles. The van der Waals surface area contributed by atoms with Gasteiger partial charge in [-0.3, -0.25) is 0 Å².